The monoisotopic (exact) mass is 283 g/mol. The van der Waals surface area contributed by atoms with Gasteiger partial charge in [-0.25, -0.2) is 13.1 Å². The molecule has 2 N–H and O–H groups in total. The molecule has 1 saturated carbocycles. The number of hydrogen-bond donors (Lipinski definition) is 2. The van der Waals surface area contributed by atoms with Crippen LogP contribution in [0.1, 0.15) is 44.8 Å². The molecule has 2 rings (SSSR count). The van der Waals surface area contributed by atoms with Gasteiger partial charge in [0.2, 0.25) is 10.0 Å². The Kier molecular flexibility index (Phi) is 3.99. The zero-order valence-electron chi connectivity index (χ0n) is 11.4. The van der Waals surface area contributed by atoms with Gasteiger partial charge >= 0.3 is 0 Å². The fourth-order valence-corrected chi connectivity index (χ4v) is 3.25. The highest BCUT2D eigenvalue weighted by molar-refractivity contribution is 7.89. The van der Waals surface area contributed by atoms with E-state index in [4.69, 9.17) is 0 Å². The van der Waals surface area contributed by atoms with E-state index in [9.17, 15) is 13.5 Å². The van der Waals surface area contributed by atoms with E-state index in [0.29, 0.717) is 12.1 Å². The second-order valence-corrected chi connectivity index (χ2v) is 7.19. The molecule has 19 heavy (non-hydrogen) atoms. The summed E-state index contributed by atoms with van der Waals surface area (Å²) < 4.78 is 26.9. The fraction of sp³-hybridized carbons (Fsp3) is 0.571. The minimum absolute atomic E-state index is 0.187. The van der Waals surface area contributed by atoms with Gasteiger partial charge in [-0.3, -0.25) is 0 Å². The second kappa shape index (κ2) is 5.23. The van der Waals surface area contributed by atoms with Crippen LogP contribution in [0, 0.1) is 5.41 Å². The summed E-state index contributed by atoms with van der Waals surface area (Å²) in [6.07, 6.45) is 2.63. The van der Waals surface area contributed by atoms with Crippen molar-refractivity contribution in [1.82, 2.24) is 4.72 Å². The molecule has 5 heteroatoms. The summed E-state index contributed by atoms with van der Waals surface area (Å²) in [7, 11) is -3.44. The maximum Gasteiger partial charge on any atom is 0.240 e. The Labute approximate surface area is 114 Å². The molecule has 0 heterocycles. The van der Waals surface area contributed by atoms with Gasteiger partial charge in [0.05, 0.1) is 11.0 Å². The van der Waals surface area contributed by atoms with Gasteiger partial charge in [-0.15, -0.1) is 0 Å². The van der Waals surface area contributed by atoms with Crippen LogP contribution in [-0.4, -0.2) is 20.1 Å². The van der Waals surface area contributed by atoms with Crippen LogP contribution in [0.4, 0.5) is 0 Å². The lowest BCUT2D eigenvalue weighted by Gasteiger charge is -2.14. The molecule has 1 aromatic rings. The van der Waals surface area contributed by atoms with E-state index in [1.165, 1.54) is 12.1 Å². The second-order valence-electron chi connectivity index (χ2n) is 5.42. The van der Waals surface area contributed by atoms with Crippen molar-refractivity contribution in [3.63, 3.8) is 0 Å². The van der Waals surface area contributed by atoms with Crippen molar-refractivity contribution in [2.75, 3.05) is 6.54 Å². The molecule has 0 bridgehead atoms. The molecule has 1 aliphatic rings. The molecule has 0 spiro atoms. The van der Waals surface area contributed by atoms with Crippen molar-refractivity contribution < 1.29 is 13.5 Å². The summed E-state index contributed by atoms with van der Waals surface area (Å²) in [5, 5.41) is 9.40. The number of aliphatic hydroxyl groups is 1. The number of aliphatic hydroxyl groups excluding tert-OH is 1. The number of nitrogens with one attached hydrogen (secondary N) is 1. The molecule has 0 amide bonds. The van der Waals surface area contributed by atoms with Gasteiger partial charge in [0.25, 0.3) is 0 Å². The summed E-state index contributed by atoms with van der Waals surface area (Å²) in [5.41, 5.74) is 0.901. The van der Waals surface area contributed by atoms with Crippen molar-refractivity contribution in [1.29, 1.82) is 0 Å². The lowest BCUT2D eigenvalue weighted by atomic mass is 10.1. The lowest BCUT2D eigenvalue weighted by molar-refractivity contribution is 0.199. The average Bonchev–Trinajstić information content (AvgIpc) is 3.17. The Bertz CT molecular complexity index is 530. The standard InChI is InChI=1S/C14H21NO3S/c1-3-14(8-9-14)10-15-19(17,18)13-6-4-12(5-7-13)11(2)16/h4-7,11,15-16H,3,8-10H2,1-2H3. The van der Waals surface area contributed by atoms with E-state index in [1.54, 1.807) is 19.1 Å². The van der Waals surface area contributed by atoms with Gasteiger partial charge in [-0.1, -0.05) is 19.1 Å². The third kappa shape index (κ3) is 3.35. The average molecular weight is 283 g/mol. The molecule has 4 nitrogen and oxygen atoms in total. The third-order valence-corrected chi connectivity index (χ3v) is 5.43. The molecular weight excluding hydrogens is 262 g/mol. The van der Waals surface area contributed by atoms with Crippen LogP contribution < -0.4 is 4.72 Å². The molecular formula is C14H21NO3S. The van der Waals surface area contributed by atoms with E-state index < -0.39 is 16.1 Å². The number of hydrogen-bond acceptors (Lipinski definition) is 3. The van der Waals surface area contributed by atoms with Crippen molar-refractivity contribution >= 4 is 10.0 Å². The number of sulfonamides is 1. The van der Waals surface area contributed by atoms with Crippen LogP contribution in [0.25, 0.3) is 0 Å². The smallest absolute Gasteiger partial charge is 0.240 e. The molecule has 1 fully saturated rings. The minimum atomic E-state index is -3.44. The predicted octanol–water partition coefficient (Wildman–Crippen LogP) is 2.21. The summed E-state index contributed by atoms with van der Waals surface area (Å²) in [6, 6.07) is 6.36. The lowest BCUT2D eigenvalue weighted by Crippen LogP contribution is -2.30. The first kappa shape index (κ1) is 14.5. The molecule has 1 aliphatic carbocycles. The maximum absolute atomic E-state index is 12.1. The van der Waals surface area contributed by atoms with Gasteiger partial charge < -0.3 is 5.11 Å². The van der Waals surface area contributed by atoms with Crippen LogP contribution in [0.5, 0.6) is 0 Å². The Morgan fingerprint density at radius 1 is 1.32 bits per heavy atom. The van der Waals surface area contributed by atoms with E-state index in [-0.39, 0.29) is 10.3 Å². The van der Waals surface area contributed by atoms with Gasteiger partial charge in [-0.05, 0) is 49.3 Å². The van der Waals surface area contributed by atoms with Crippen molar-refractivity contribution in [3.05, 3.63) is 29.8 Å². The molecule has 106 valence electrons. The van der Waals surface area contributed by atoms with Crippen molar-refractivity contribution in [2.45, 2.75) is 44.1 Å². The van der Waals surface area contributed by atoms with Crippen molar-refractivity contribution in [2.24, 2.45) is 5.41 Å². The first-order chi connectivity index (χ1) is 8.88. The molecule has 0 aromatic heterocycles. The van der Waals surface area contributed by atoms with E-state index in [0.717, 1.165) is 19.3 Å². The normalized spacial score (nSPS) is 19.1. The minimum Gasteiger partial charge on any atom is -0.389 e. The van der Waals surface area contributed by atoms with Crippen LogP contribution in [0.3, 0.4) is 0 Å². The molecule has 1 aromatic carbocycles. The third-order valence-electron chi connectivity index (χ3n) is 4.02. The zero-order valence-corrected chi connectivity index (χ0v) is 12.2. The molecule has 1 atom stereocenters. The zero-order chi connectivity index (χ0) is 14.1. The van der Waals surface area contributed by atoms with Crippen molar-refractivity contribution in [3.8, 4) is 0 Å². The van der Waals surface area contributed by atoms with Crippen LogP contribution >= 0.6 is 0 Å². The summed E-state index contributed by atoms with van der Waals surface area (Å²) in [4.78, 5) is 0.254. The van der Waals surface area contributed by atoms with Gasteiger partial charge in [0, 0.05) is 6.54 Å². The highest BCUT2D eigenvalue weighted by Crippen LogP contribution is 2.48. The predicted molar refractivity (Wildman–Crippen MR) is 74.2 cm³/mol. The van der Waals surface area contributed by atoms with Crippen LogP contribution in [0.15, 0.2) is 29.2 Å². The van der Waals surface area contributed by atoms with Gasteiger partial charge in [0.15, 0.2) is 0 Å². The highest BCUT2D eigenvalue weighted by atomic mass is 32.2. The molecule has 1 unspecified atom stereocenters. The largest absolute Gasteiger partial charge is 0.389 e. The first-order valence-electron chi connectivity index (χ1n) is 6.66. The van der Waals surface area contributed by atoms with Gasteiger partial charge in [0.1, 0.15) is 0 Å². The summed E-state index contributed by atoms with van der Waals surface area (Å²) in [6.45, 7) is 4.27. The number of rotatable bonds is 6. The van der Waals surface area contributed by atoms with E-state index in [2.05, 4.69) is 11.6 Å². The Morgan fingerprint density at radius 2 is 1.89 bits per heavy atom. The number of benzene rings is 1. The summed E-state index contributed by atoms with van der Waals surface area (Å²) in [5.74, 6) is 0. The van der Waals surface area contributed by atoms with E-state index >= 15 is 0 Å². The highest BCUT2D eigenvalue weighted by Gasteiger charge is 2.41. The van der Waals surface area contributed by atoms with Crippen LogP contribution in [0.2, 0.25) is 0 Å². The maximum atomic E-state index is 12.1. The Morgan fingerprint density at radius 3 is 2.32 bits per heavy atom. The quantitative estimate of drug-likeness (QED) is 0.841. The Balaban J connectivity index is 2.06. The molecule has 0 aliphatic heterocycles. The molecule has 0 saturated heterocycles. The fourth-order valence-electron chi connectivity index (χ4n) is 2.09. The topological polar surface area (TPSA) is 66.4 Å². The Hall–Kier alpha value is -0.910. The first-order valence-corrected chi connectivity index (χ1v) is 8.15. The molecule has 0 radical (unpaired) electrons. The SMILES string of the molecule is CCC1(CNS(=O)(=O)c2ccc(C(C)O)cc2)CC1. The summed E-state index contributed by atoms with van der Waals surface area (Å²) >= 11 is 0. The van der Waals surface area contributed by atoms with Crippen LogP contribution in [-0.2, 0) is 10.0 Å². The van der Waals surface area contributed by atoms with Gasteiger partial charge in [-0.2, -0.15) is 0 Å². The van der Waals surface area contributed by atoms with E-state index in [1.807, 2.05) is 0 Å².